The summed E-state index contributed by atoms with van der Waals surface area (Å²) in [7, 11) is -0.210. The minimum absolute atomic E-state index is 0.0515. The first-order valence-electron chi connectivity index (χ1n) is 6.42. The highest BCUT2D eigenvalue weighted by Gasteiger charge is 2.36. The summed E-state index contributed by atoms with van der Waals surface area (Å²) < 4.78 is 36.7. The summed E-state index contributed by atoms with van der Waals surface area (Å²) in [5.41, 5.74) is 0.832. The fourth-order valence-corrected chi connectivity index (χ4v) is 5.87. The van der Waals surface area contributed by atoms with E-state index in [0.717, 1.165) is 11.3 Å². The van der Waals surface area contributed by atoms with Gasteiger partial charge in [0.15, 0.2) is 0 Å². The number of nitrogens with zero attached hydrogens (tertiary/aromatic N) is 1. The van der Waals surface area contributed by atoms with Gasteiger partial charge in [-0.15, -0.1) is 23.4 Å². The lowest BCUT2D eigenvalue weighted by Gasteiger charge is -2.24. The number of thioether (sulfide) groups is 1. The van der Waals surface area contributed by atoms with Crippen molar-refractivity contribution in [3.63, 3.8) is 0 Å². The van der Waals surface area contributed by atoms with Gasteiger partial charge in [0.2, 0.25) is 10.0 Å². The van der Waals surface area contributed by atoms with Crippen LogP contribution in [0, 0.1) is 0 Å². The lowest BCUT2D eigenvalue weighted by Crippen LogP contribution is -2.33. The minimum Gasteiger partial charge on any atom is -0.497 e. The Morgan fingerprint density at radius 2 is 2.14 bits per heavy atom. The van der Waals surface area contributed by atoms with Gasteiger partial charge < -0.3 is 9.47 Å². The van der Waals surface area contributed by atoms with Gasteiger partial charge >= 0.3 is 0 Å². The Morgan fingerprint density at radius 1 is 1.38 bits per heavy atom. The zero-order valence-electron chi connectivity index (χ0n) is 11.9. The molecule has 1 atom stereocenters. The first-order chi connectivity index (χ1) is 10.0. The number of sulfonamides is 1. The van der Waals surface area contributed by atoms with Gasteiger partial charge in [0.1, 0.15) is 11.5 Å². The van der Waals surface area contributed by atoms with Crippen LogP contribution in [0.5, 0.6) is 11.5 Å². The van der Waals surface area contributed by atoms with E-state index < -0.39 is 10.0 Å². The number of halogens is 1. The third kappa shape index (κ3) is 3.59. The van der Waals surface area contributed by atoms with Crippen LogP contribution < -0.4 is 9.47 Å². The van der Waals surface area contributed by atoms with E-state index >= 15 is 0 Å². The quantitative estimate of drug-likeness (QED) is 0.736. The second kappa shape index (κ2) is 7.09. The standard InChI is InChI=1S/C13H18ClNO4S2/c1-18-10-3-4-11(12(9-10)19-2)13-15(6-7-20-13)21(16,17)8-5-14/h3-4,9,13H,5-8H2,1-2H3. The second-order valence-electron chi connectivity index (χ2n) is 4.45. The van der Waals surface area contributed by atoms with Crippen molar-refractivity contribution in [1.82, 2.24) is 4.31 Å². The smallest absolute Gasteiger partial charge is 0.216 e. The molecule has 0 aromatic heterocycles. The molecule has 118 valence electrons. The monoisotopic (exact) mass is 351 g/mol. The summed E-state index contributed by atoms with van der Waals surface area (Å²) in [6.45, 7) is 0.490. The molecule has 0 N–H and O–H groups in total. The van der Waals surface area contributed by atoms with Crippen LogP contribution in [0.1, 0.15) is 10.9 Å². The summed E-state index contributed by atoms with van der Waals surface area (Å²) in [4.78, 5) is 0. The van der Waals surface area contributed by atoms with E-state index in [2.05, 4.69) is 0 Å². The summed E-state index contributed by atoms with van der Waals surface area (Å²) >= 11 is 7.18. The first-order valence-corrected chi connectivity index (χ1v) is 9.61. The van der Waals surface area contributed by atoms with Crippen LogP contribution in [0.3, 0.4) is 0 Å². The molecule has 0 radical (unpaired) electrons. The molecule has 1 aliphatic rings. The zero-order valence-corrected chi connectivity index (χ0v) is 14.3. The van der Waals surface area contributed by atoms with Gasteiger partial charge in [-0.3, -0.25) is 0 Å². The highest BCUT2D eigenvalue weighted by atomic mass is 35.5. The summed E-state index contributed by atoms with van der Waals surface area (Å²) in [5, 5.41) is -0.279. The van der Waals surface area contributed by atoms with Gasteiger partial charge in [-0.25, -0.2) is 8.42 Å². The van der Waals surface area contributed by atoms with Crippen molar-refractivity contribution in [2.45, 2.75) is 5.37 Å². The molecule has 0 spiro atoms. The lowest BCUT2D eigenvalue weighted by atomic mass is 10.2. The van der Waals surface area contributed by atoms with E-state index in [9.17, 15) is 8.42 Å². The number of benzene rings is 1. The average Bonchev–Trinajstić information content (AvgIpc) is 2.96. The molecule has 1 heterocycles. The van der Waals surface area contributed by atoms with Crippen LogP contribution in [0.4, 0.5) is 0 Å². The van der Waals surface area contributed by atoms with Crippen molar-refractivity contribution >= 4 is 33.4 Å². The number of rotatable bonds is 6. The molecule has 1 aromatic carbocycles. The molecule has 1 fully saturated rings. The van der Waals surface area contributed by atoms with Crippen molar-refractivity contribution in [3.8, 4) is 11.5 Å². The molecule has 0 amide bonds. The summed E-state index contributed by atoms with van der Waals surface area (Å²) in [5.74, 6) is 2.09. The molecule has 5 nitrogen and oxygen atoms in total. The maximum Gasteiger partial charge on any atom is 0.216 e. The Hall–Kier alpha value is -0.630. The molecule has 21 heavy (non-hydrogen) atoms. The van der Waals surface area contributed by atoms with E-state index in [0.29, 0.717) is 18.0 Å². The third-order valence-electron chi connectivity index (χ3n) is 3.25. The Kier molecular flexibility index (Phi) is 5.65. The summed E-state index contributed by atoms with van der Waals surface area (Å²) in [6.07, 6.45) is 0. The highest BCUT2D eigenvalue weighted by molar-refractivity contribution is 8.01. The number of hydrogen-bond donors (Lipinski definition) is 0. The van der Waals surface area contributed by atoms with E-state index in [1.165, 1.54) is 4.31 Å². The van der Waals surface area contributed by atoms with Crippen LogP contribution in [-0.4, -0.2) is 50.9 Å². The van der Waals surface area contributed by atoms with Crippen LogP contribution in [-0.2, 0) is 10.0 Å². The van der Waals surface area contributed by atoms with Gasteiger partial charge in [0.25, 0.3) is 0 Å². The van der Waals surface area contributed by atoms with E-state index in [1.54, 1.807) is 32.0 Å². The van der Waals surface area contributed by atoms with Crippen molar-refractivity contribution in [1.29, 1.82) is 0 Å². The number of ether oxygens (including phenoxy) is 2. The SMILES string of the molecule is COc1ccc(C2SCCN2S(=O)(=O)CCCl)c(OC)c1. The Bertz CT molecular complexity index is 594. The van der Waals surface area contributed by atoms with Gasteiger partial charge in [0.05, 0.1) is 25.3 Å². The van der Waals surface area contributed by atoms with Gasteiger partial charge in [-0.1, -0.05) is 0 Å². The van der Waals surface area contributed by atoms with Crippen molar-refractivity contribution < 1.29 is 17.9 Å². The molecule has 1 saturated heterocycles. The van der Waals surface area contributed by atoms with Crippen LogP contribution in [0.2, 0.25) is 0 Å². The van der Waals surface area contributed by atoms with Crippen molar-refractivity contribution in [2.24, 2.45) is 0 Å². The molecule has 8 heteroatoms. The lowest BCUT2D eigenvalue weighted by molar-refractivity contribution is 0.379. The highest BCUT2D eigenvalue weighted by Crippen LogP contribution is 2.44. The molecule has 0 saturated carbocycles. The van der Waals surface area contributed by atoms with Crippen LogP contribution >= 0.6 is 23.4 Å². The molecule has 1 unspecified atom stereocenters. The number of alkyl halides is 1. The fourth-order valence-electron chi connectivity index (χ4n) is 2.22. The van der Waals surface area contributed by atoms with E-state index in [4.69, 9.17) is 21.1 Å². The number of hydrogen-bond acceptors (Lipinski definition) is 5. The Morgan fingerprint density at radius 3 is 2.76 bits per heavy atom. The van der Waals surface area contributed by atoms with Crippen molar-refractivity contribution in [2.75, 3.05) is 38.2 Å². The average molecular weight is 352 g/mol. The molecule has 1 aromatic rings. The zero-order chi connectivity index (χ0) is 15.5. The van der Waals surface area contributed by atoms with Crippen LogP contribution in [0.15, 0.2) is 18.2 Å². The minimum atomic E-state index is -3.35. The largest absolute Gasteiger partial charge is 0.497 e. The van der Waals surface area contributed by atoms with Gasteiger partial charge in [0, 0.05) is 29.8 Å². The first kappa shape index (κ1) is 16.7. The normalized spacial score (nSPS) is 19.7. The number of methoxy groups -OCH3 is 2. The Labute approximate surface area is 134 Å². The predicted molar refractivity (Wildman–Crippen MR) is 86.0 cm³/mol. The Balaban J connectivity index is 2.36. The van der Waals surface area contributed by atoms with Gasteiger partial charge in [-0.05, 0) is 12.1 Å². The maximum atomic E-state index is 12.3. The second-order valence-corrected chi connectivity index (χ2v) is 8.05. The van der Waals surface area contributed by atoms with Crippen LogP contribution in [0.25, 0.3) is 0 Å². The topological polar surface area (TPSA) is 55.8 Å². The molecule has 1 aliphatic heterocycles. The molecule has 0 bridgehead atoms. The molecular formula is C13H18ClNO4S2. The molecular weight excluding hydrogens is 334 g/mol. The van der Waals surface area contributed by atoms with Crippen molar-refractivity contribution in [3.05, 3.63) is 23.8 Å². The molecule has 2 rings (SSSR count). The van der Waals surface area contributed by atoms with E-state index in [-0.39, 0.29) is 17.0 Å². The third-order valence-corrected chi connectivity index (χ3v) is 6.87. The fraction of sp³-hybridized carbons (Fsp3) is 0.538. The predicted octanol–water partition coefficient (Wildman–Crippen LogP) is 2.32. The summed E-state index contributed by atoms with van der Waals surface area (Å²) in [6, 6.07) is 5.42. The maximum absolute atomic E-state index is 12.3. The molecule has 0 aliphatic carbocycles. The van der Waals surface area contributed by atoms with Gasteiger partial charge in [-0.2, -0.15) is 4.31 Å². The van der Waals surface area contributed by atoms with E-state index in [1.807, 2.05) is 12.1 Å².